The van der Waals surface area contributed by atoms with Crippen LogP contribution in [0.3, 0.4) is 0 Å². The Morgan fingerprint density at radius 3 is 2.27 bits per heavy atom. The molecule has 0 saturated heterocycles. The Bertz CT molecular complexity index is 1290. The van der Waals surface area contributed by atoms with Gasteiger partial charge in [-0.25, -0.2) is 17.5 Å². The van der Waals surface area contributed by atoms with E-state index < -0.39 is 15.8 Å². The largest absolute Gasteiger partial charge is 0.351 e. The van der Waals surface area contributed by atoms with Crippen molar-refractivity contribution in [1.82, 2.24) is 15.0 Å². The first-order chi connectivity index (χ1) is 14.2. The Morgan fingerprint density at radius 1 is 1.00 bits per heavy atom. The summed E-state index contributed by atoms with van der Waals surface area (Å²) in [6.07, 6.45) is 3.66. The number of H-pyrrole nitrogens is 1. The average molecular weight is 431 g/mol. The zero-order valence-electron chi connectivity index (χ0n) is 16.4. The molecular formula is C21H22FN3O4S. The van der Waals surface area contributed by atoms with Crippen LogP contribution in [-0.4, -0.2) is 37.6 Å². The van der Waals surface area contributed by atoms with Crippen LogP contribution in [0.2, 0.25) is 0 Å². The molecule has 0 unspecified atom stereocenters. The summed E-state index contributed by atoms with van der Waals surface area (Å²) in [6.45, 7) is 0. The highest BCUT2D eigenvalue weighted by Gasteiger charge is 2.25. The van der Waals surface area contributed by atoms with Crippen LogP contribution in [0, 0.1) is 5.82 Å². The summed E-state index contributed by atoms with van der Waals surface area (Å²) in [5, 5.41) is 3.52. The number of hydrogen-bond acceptors (Lipinski definition) is 4. The summed E-state index contributed by atoms with van der Waals surface area (Å²) >= 11 is 0. The fourth-order valence-electron chi connectivity index (χ4n) is 4.10. The van der Waals surface area contributed by atoms with Crippen molar-refractivity contribution in [2.24, 2.45) is 0 Å². The Kier molecular flexibility index (Phi) is 5.33. The average Bonchev–Trinajstić information content (AvgIpc) is 2.69. The number of halogens is 1. The van der Waals surface area contributed by atoms with Gasteiger partial charge >= 0.3 is 0 Å². The molecule has 3 N–H and O–H groups in total. The number of benzene rings is 2. The minimum Gasteiger partial charge on any atom is -0.351 e. The number of nitrogens with one attached hydrogen (secondary N) is 3. The van der Waals surface area contributed by atoms with Crippen LogP contribution in [0.5, 0.6) is 0 Å². The first kappa shape index (κ1) is 20.5. The maximum absolute atomic E-state index is 14.2. The van der Waals surface area contributed by atoms with Gasteiger partial charge in [0.1, 0.15) is 5.82 Å². The number of carbonyl (C=O) groups is 1. The Hall–Kier alpha value is -2.78. The Balaban J connectivity index is 1.59. The fourth-order valence-corrected chi connectivity index (χ4v) is 4.94. The van der Waals surface area contributed by atoms with E-state index in [0.717, 1.165) is 6.26 Å². The summed E-state index contributed by atoms with van der Waals surface area (Å²) in [4.78, 5) is 28.6. The standard InChI is InChI=1S/C21H22FN3O4S/c1-30(28,29)25-13-10-8-12(9-11-13)23-21(27)16-6-2-4-14-18(16)24-19-15(20(14)26)5-3-7-17(19)22/h2-7,12-13,25H,8-11H2,1H3,(H,23,27)(H,24,26). The second-order valence-electron chi connectivity index (χ2n) is 7.76. The van der Waals surface area contributed by atoms with Gasteiger partial charge in [-0.1, -0.05) is 12.1 Å². The van der Waals surface area contributed by atoms with E-state index in [1.54, 1.807) is 24.3 Å². The summed E-state index contributed by atoms with van der Waals surface area (Å²) in [6, 6.07) is 8.89. The number of sulfonamides is 1. The number of para-hydroxylation sites is 2. The number of aromatic nitrogens is 1. The summed E-state index contributed by atoms with van der Waals surface area (Å²) < 4.78 is 39.6. The van der Waals surface area contributed by atoms with Gasteiger partial charge in [0.05, 0.1) is 22.9 Å². The summed E-state index contributed by atoms with van der Waals surface area (Å²) in [5.74, 6) is -0.912. The molecule has 1 aliphatic rings. The van der Waals surface area contributed by atoms with E-state index in [4.69, 9.17) is 0 Å². The van der Waals surface area contributed by atoms with Gasteiger partial charge < -0.3 is 10.3 Å². The lowest BCUT2D eigenvalue weighted by atomic mass is 9.91. The SMILES string of the molecule is CS(=O)(=O)NC1CCC(NC(=O)c2cccc3c(=O)c4cccc(F)c4[nH]c23)CC1. The van der Waals surface area contributed by atoms with Crippen LogP contribution in [0.4, 0.5) is 4.39 Å². The van der Waals surface area contributed by atoms with Crippen molar-refractivity contribution in [3.05, 3.63) is 58.0 Å². The molecule has 1 amide bonds. The molecule has 0 spiro atoms. The third-order valence-electron chi connectivity index (χ3n) is 5.51. The highest BCUT2D eigenvalue weighted by molar-refractivity contribution is 7.88. The molecule has 158 valence electrons. The van der Waals surface area contributed by atoms with E-state index in [9.17, 15) is 22.4 Å². The van der Waals surface area contributed by atoms with E-state index in [-0.39, 0.29) is 39.9 Å². The van der Waals surface area contributed by atoms with Gasteiger partial charge in [-0.3, -0.25) is 9.59 Å². The molecule has 30 heavy (non-hydrogen) atoms. The third kappa shape index (κ3) is 4.08. The molecular weight excluding hydrogens is 409 g/mol. The topological polar surface area (TPSA) is 108 Å². The van der Waals surface area contributed by atoms with E-state index in [0.29, 0.717) is 36.6 Å². The van der Waals surface area contributed by atoms with Crippen LogP contribution in [0.1, 0.15) is 36.0 Å². The molecule has 1 fully saturated rings. The van der Waals surface area contributed by atoms with Crippen molar-refractivity contribution in [2.75, 3.05) is 6.26 Å². The molecule has 2 aromatic carbocycles. The molecule has 1 aliphatic carbocycles. The van der Waals surface area contributed by atoms with Crippen LogP contribution < -0.4 is 15.5 Å². The van der Waals surface area contributed by atoms with E-state index in [1.165, 1.54) is 12.1 Å². The van der Waals surface area contributed by atoms with Gasteiger partial charge in [0.25, 0.3) is 5.91 Å². The molecule has 4 rings (SSSR count). The van der Waals surface area contributed by atoms with Crippen molar-refractivity contribution >= 4 is 37.7 Å². The monoisotopic (exact) mass is 431 g/mol. The Labute approximate surface area is 172 Å². The molecule has 1 heterocycles. The van der Waals surface area contributed by atoms with Crippen LogP contribution in [-0.2, 0) is 10.0 Å². The number of pyridine rings is 1. The van der Waals surface area contributed by atoms with Gasteiger partial charge in [-0.05, 0) is 49.9 Å². The fraction of sp³-hybridized carbons (Fsp3) is 0.333. The molecule has 1 saturated carbocycles. The van der Waals surface area contributed by atoms with Crippen LogP contribution >= 0.6 is 0 Å². The minimum absolute atomic E-state index is 0.0719. The predicted octanol–water partition coefficient (Wildman–Crippen LogP) is 2.41. The lowest BCUT2D eigenvalue weighted by molar-refractivity contribution is 0.0926. The van der Waals surface area contributed by atoms with Crippen LogP contribution in [0.15, 0.2) is 41.2 Å². The molecule has 0 bridgehead atoms. The highest BCUT2D eigenvalue weighted by atomic mass is 32.2. The van der Waals surface area contributed by atoms with E-state index in [1.807, 2.05) is 0 Å². The zero-order valence-corrected chi connectivity index (χ0v) is 17.2. The minimum atomic E-state index is -3.26. The van der Waals surface area contributed by atoms with Crippen molar-refractivity contribution in [3.8, 4) is 0 Å². The van der Waals surface area contributed by atoms with E-state index in [2.05, 4.69) is 15.0 Å². The van der Waals surface area contributed by atoms with Crippen molar-refractivity contribution in [3.63, 3.8) is 0 Å². The summed E-state index contributed by atoms with van der Waals surface area (Å²) in [5.41, 5.74) is 0.305. The Morgan fingerprint density at radius 2 is 1.60 bits per heavy atom. The number of hydrogen-bond donors (Lipinski definition) is 3. The maximum atomic E-state index is 14.2. The second kappa shape index (κ2) is 7.81. The van der Waals surface area contributed by atoms with Gasteiger partial charge in [0.15, 0.2) is 5.43 Å². The quantitative estimate of drug-likeness (QED) is 0.551. The predicted molar refractivity (Wildman–Crippen MR) is 114 cm³/mol. The van der Waals surface area contributed by atoms with Gasteiger partial charge in [-0.2, -0.15) is 0 Å². The first-order valence-electron chi connectivity index (χ1n) is 9.74. The van der Waals surface area contributed by atoms with Crippen molar-refractivity contribution in [2.45, 2.75) is 37.8 Å². The second-order valence-corrected chi connectivity index (χ2v) is 9.54. The number of rotatable bonds is 4. The molecule has 0 atom stereocenters. The lowest BCUT2D eigenvalue weighted by Crippen LogP contribution is -2.43. The molecule has 7 nitrogen and oxygen atoms in total. The van der Waals surface area contributed by atoms with Gasteiger partial charge in [-0.15, -0.1) is 0 Å². The number of fused-ring (bicyclic) bond motifs is 2. The third-order valence-corrected chi connectivity index (χ3v) is 6.27. The van der Waals surface area contributed by atoms with Gasteiger partial charge in [0.2, 0.25) is 10.0 Å². The first-order valence-corrected chi connectivity index (χ1v) is 11.6. The van der Waals surface area contributed by atoms with Crippen molar-refractivity contribution in [1.29, 1.82) is 0 Å². The normalized spacial score (nSPS) is 19.8. The summed E-state index contributed by atoms with van der Waals surface area (Å²) in [7, 11) is -3.26. The van der Waals surface area contributed by atoms with Gasteiger partial charge in [0, 0.05) is 22.9 Å². The maximum Gasteiger partial charge on any atom is 0.253 e. The smallest absolute Gasteiger partial charge is 0.253 e. The van der Waals surface area contributed by atoms with Crippen molar-refractivity contribution < 1.29 is 17.6 Å². The lowest BCUT2D eigenvalue weighted by Gasteiger charge is -2.29. The molecule has 3 aromatic rings. The molecule has 9 heteroatoms. The number of aromatic amines is 1. The van der Waals surface area contributed by atoms with E-state index >= 15 is 0 Å². The molecule has 0 aliphatic heterocycles. The molecule has 1 aromatic heterocycles. The highest BCUT2D eigenvalue weighted by Crippen LogP contribution is 2.22. The zero-order chi connectivity index (χ0) is 21.5. The molecule has 0 radical (unpaired) electrons. The van der Waals surface area contributed by atoms with Crippen LogP contribution in [0.25, 0.3) is 21.8 Å². The number of amides is 1. The number of carbonyl (C=O) groups excluding carboxylic acids is 1.